The van der Waals surface area contributed by atoms with Gasteiger partial charge in [-0.1, -0.05) is 12.1 Å². The van der Waals surface area contributed by atoms with Gasteiger partial charge in [0, 0.05) is 18.3 Å². The molecular formula is C12H13N3O2. The van der Waals surface area contributed by atoms with Crippen molar-refractivity contribution in [3.8, 4) is 11.3 Å². The van der Waals surface area contributed by atoms with Gasteiger partial charge in [-0.3, -0.25) is 4.68 Å². The minimum atomic E-state index is -1.04. The molecule has 0 saturated heterocycles. The summed E-state index contributed by atoms with van der Waals surface area (Å²) in [5.41, 5.74) is 9.12. The molecule has 5 heteroatoms. The van der Waals surface area contributed by atoms with Crippen molar-refractivity contribution in [2.75, 3.05) is 5.73 Å². The van der Waals surface area contributed by atoms with Crippen LogP contribution in [0.3, 0.4) is 0 Å². The smallest absolute Gasteiger partial charge is 0.356 e. The van der Waals surface area contributed by atoms with E-state index in [4.69, 9.17) is 10.8 Å². The van der Waals surface area contributed by atoms with E-state index in [0.717, 1.165) is 16.8 Å². The molecule has 1 aromatic carbocycles. The Bertz CT molecular complexity index is 587. The first-order valence-electron chi connectivity index (χ1n) is 5.13. The summed E-state index contributed by atoms with van der Waals surface area (Å²) in [6.07, 6.45) is 0. The van der Waals surface area contributed by atoms with Crippen LogP contribution in [0.25, 0.3) is 11.3 Å². The Morgan fingerprint density at radius 1 is 1.41 bits per heavy atom. The average molecular weight is 231 g/mol. The number of rotatable bonds is 2. The summed E-state index contributed by atoms with van der Waals surface area (Å²) in [4.78, 5) is 10.8. The fourth-order valence-electron chi connectivity index (χ4n) is 1.64. The van der Waals surface area contributed by atoms with Crippen LogP contribution in [0.5, 0.6) is 0 Å². The number of carbonyl (C=O) groups is 1. The summed E-state index contributed by atoms with van der Waals surface area (Å²) < 4.78 is 1.54. The van der Waals surface area contributed by atoms with E-state index in [1.807, 2.05) is 25.1 Å². The Morgan fingerprint density at radius 3 is 2.65 bits per heavy atom. The van der Waals surface area contributed by atoms with Crippen molar-refractivity contribution in [2.45, 2.75) is 6.92 Å². The number of hydrogen-bond donors (Lipinski definition) is 2. The molecule has 3 N–H and O–H groups in total. The Balaban J connectivity index is 2.52. The van der Waals surface area contributed by atoms with Gasteiger partial charge in [-0.2, -0.15) is 5.10 Å². The number of aromatic nitrogens is 2. The van der Waals surface area contributed by atoms with Crippen molar-refractivity contribution in [1.82, 2.24) is 9.78 Å². The molecule has 0 fully saturated rings. The fraction of sp³-hybridized carbons (Fsp3) is 0.167. The highest BCUT2D eigenvalue weighted by atomic mass is 16.4. The van der Waals surface area contributed by atoms with Gasteiger partial charge in [-0.05, 0) is 24.6 Å². The molecule has 0 aliphatic heterocycles. The molecule has 2 aromatic rings. The molecule has 0 saturated carbocycles. The number of anilines is 1. The van der Waals surface area contributed by atoms with Crippen LogP contribution < -0.4 is 5.73 Å². The Kier molecular flexibility index (Phi) is 2.59. The quantitative estimate of drug-likeness (QED) is 0.770. The summed E-state index contributed by atoms with van der Waals surface area (Å²) in [7, 11) is 1.71. The van der Waals surface area contributed by atoms with E-state index in [0.29, 0.717) is 5.69 Å². The lowest BCUT2D eigenvalue weighted by Crippen LogP contribution is -1.99. The normalized spacial score (nSPS) is 10.5. The predicted molar refractivity (Wildman–Crippen MR) is 64.8 cm³/mol. The van der Waals surface area contributed by atoms with E-state index in [1.54, 1.807) is 7.05 Å². The topological polar surface area (TPSA) is 81.1 Å². The van der Waals surface area contributed by atoms with Gasteiger partial charge in [0.15, 0.2) is 5.69 Å². The second kappa shape index (κ2) is 3.93. The summed E-state index contributed by atoms with van der Waals surface area (Å²) in [5, 5.41) is 12.8. The van der Waals surface area contributed by atoms with E-state index in [-0.39, 0.29) is 5.69 Å². The lowest BCUT2D eigenvalue weighted by Gasteiger charge is -2.05. The molecule has 0 aliphatic carbocycles. The lowest BCUT2D eigenvalue weighted by molar-refractivity contribution is 0.0689. The number of nitrogens with zero attached hydrogens (tertiary/aromatic N) is 2. The summed E-state index contributed by atoms with van der Waals surface area (Å²) in [5.74, 6) is -1.04. The van der Waals surface area contributed by atoms with Gasteiger partial charge in [0.05, 0.1) is 5.69 Å². The first-order valence-corrected chi connectivity index (χ1v) is 5.13. The monoisotopic (exact) mass is 231 g/mol. The number of carboxylic acid groups (broad SMARTS) is 1. The predicted octanol–water partition coefficient (Wildman–Crippen LogP) is 1.68. The van der Waals surface area contributed by atoms with E-state index >= 15 is 0 Å². The third-order valence-electron chi connectivity index (χ3n) is 2.67. The highest BCUT2D eigenvalue weighted by Gasteiger charge is 2.12. The zero-order chi connectivity index (χ0) is 12.6. The largest absolute Gasteiger partial charge is 0.476 e. The highest BCUT2D eigenvalue weighted by Crippen LogP contribution is 2.24. The van der Waals surface area contributed by atoms with Crippen LogP contribution in [0.1, 0.15) is 16.1 Å². The van der Waals surface area contributed by atoms with Gasteiger partial charge < -0.3 is 10.8 Å². The molecule has 0 spiro atoms. The number of nitrogen functional groups attached to an aromatic ring is 1. The third-order valence-corrected chi connectivity index (χ3v) is 2.67. The van der Waals surface area contributed by atoms with Crippen LogP contribution in [-0.4, -0.2) is 20.9 Å². The van der Waals surface area contributed by atoms with Crippen LogP contribution in [-0.2, 0) is 7.05 Å². The average Bonchev–Trinajstić information content (AvgIpc) is 2.65. The van der Waals surface area contributed by atoms with Crippen molar-refractivity contribution in [3.63, 3.8) is 0 Å². The molecule has 0 aliphatic rings. The second-order valence-corrected chi connectivity index (χ2v) is 3.91. The fourth-order valence-corrected chi connectivity index (χ4v) is 1.64. The highest BCUT2D eigenvalue weighted by molar-refractivity contribution is 5.87. The SMILES string of the molecule is Cc1ccc(-c2cc(C(=O)O)nn2C)cc1N. The molecule has 0 bridgehead atoms. The van der Waals surface area contributed by atoms with Gasteiger partial charge in [0.2, 0.25) is 0 Å². The molecule has 5 nitrogen and oxygen atoms in total. The lowest BCUT2D eigenvalue weighted by atomic mass is 10.1. The standard InChI is InChI=1S/C12H13N3O2/c1-7-3-4-8(5-9(7)13)11-6-10(12(16)17)14-15(11)2/h3-6H,13H2,1-2H3,(H,16,17). The molecular weight excluding hydrogens is 218 g/mol. The Hall–Kier alpha value is -2.30. The van der Waals surface area contributed by atoms with E-state index in [2.05, 4.69) is 5.10 Å². The van der Waals surface area contributed by atoms with Crippen LogP contribution >= 0.6 is 0 Å². The van der Waals surface area contributed by atoms with Gasteiger partial charge in [0.1, 0.15) is 0 Å². The number of carboxylic acids is 1. The van der Waals surface area contributed by atoms with E-state index in [1.165, 1.54) is 10.7 Å². The van der Waals surface area contributed by atoms with Crippen molar-refractivity contribution < 1.29 is 9.90 Å². The maximum absolute atomic E-state index is 10.8. The minimum absolute atomic E-state index is 0.0293. The van der Waals surface area contributed by atoms with Crippen LogP contribution in [0.15, 0.2) is 24.3 Å². The summed E-state index contributed by atoms with van der Waals surface area (Å²) in [6, 6.07) is 7.15. The van der Waals surface area contributed by atoms with Gasteiger partial charge in [0.25, 0.3) is 0 Å². The zero-order valence-corrected chi connectivity index (χ0v) is 9.64. The molecule has 17 heavy (non-hydrogen) atoms. The molecule has 0 atom stereocenters. The molecule has 0 radical (unpaired) electrons. The molecule has 0 amide bonds. The maximum atomic E-state index is 10.8. The van der Waals surface area contributed by atoms with Crippen LogP contribution in [0.4, 0.5) is 5.69 Å². The van der Waals surface area contributed by atoms with E-state index < -0.39 is 5.97 Å². The first-order chi connectivity index (χ1) is 7.99. The van der Waals surface area contributed by atoms with Crippen LogP contribution in [0.2, 0.25) is 0 Å². The summed E-state index contributed by atoms with van der Waals surface area (Å²) >= 11 is 0. The zero-order valence-electron chi connectivity index (χ0n) is 9.64. The van der Waals surface area contributed by atoms with Crippen molar-refractivity contribution in [3.05, 3.63) is 35.5 Å². The molecule has 1 heterocycles. The number of aryl methyl sites for hydroxylation is 2. The van der Waals surface area contributed by atoms with Gasteiger partial charge >= 0.3 is 5.97 Å². The molecule has 0 unspecified atom stereocenters. The Labute approximate surface area is 98.5 Å². The number of aromatic carboxylic acids is 1. The maximum Gasteiger partial charge on any atom is 0.356 e. The number of benzene rings is 1. The first kappa shape index (κ1) is 11.2. The second-order valence-electron chi connectivity index (χ2n) is 3.91. The number of nitrogens with two attached hydrogens (primary N) is 1. The Morgan fingerprint density at radius 2 is 2.12 bits per heavy atom. The molecule has 2 rings (SSSR count). The van der Waals surface area contributed by atoms with E-state index in [9.17, 15) is 4.79 Å². The van der Waals surface area contributed by atoms with Crippen LogP contribution in [0, 0.1) is 6.92 Å². The number of hydrogen-bond acceptors (Lipinski definition) is 3. The van der Waals surface area contributed by atoms with Crippen molar-refractivity contribution >= 4 is 11.7 Å². The van der Waals surface area contributed by atoms with Crippen molar-refractivity contribution in [2.24, 2.45) is 7.05 Å². The van der Waals surface area contributed by atoms with Gasteiger partial charge in [-0.25, -0.2) is 4.79 Å². The minimum Gasteiger partial charge on any atom is -0.476 e. The van der Waals surface area contributed by atoms with Crippen molar-refractivity contribution in [1.29, 1.82) is 0 Å². The summed E-state index contributed by atoms with van der Waals surface area (Å²) in [6.45, 7) is 1.92. The molecule has 88 valence electrons. The molecule has 1 aromatic heterocycles. The van der Waals surface area contributed by atoms with Gasteiger partial charge in [-0.15, -0.1) is 0 Å². The third kappa shape index (κ3) is 1.99.